The maximum Gasteiger partial charge on any atom is 0.234 e. The van der Waals surface area contributed by atoms with Crippen molar-refractivity contribution in [3.63, 3.8) is 0 Å². The van der Waals surface area contributed by atoms with Crippen molar-refractivity contribution in [1.82, 2.24) is 20.2 Å². The molecule has 1 N–H and O–H groups in total. The van der Waals surface area contributed by atoms with E-state index in [0.717, 1.165) is 32.1 Å². The van der Waals surface area contributed by atoms with Gasteiger partial charge < -0.3 is 10.2 Å². The molecule has 2 fully saturated rings. The number of nitrogens with one attached hydrogen (secondary N) is 1. The van der Waals surface area contributed by atoms with Crippen LogP contribution < -0.4 is 10.2 Å². The number of carbonyl (C=O) groups excluding carboxylic acids is 1. The summed E-state index contributed by atoms with van der Waals surface area (Å²) in [6.07, 6.45) is 4.11. The molecule has 1 aromatic rings. The number of anilines is 1. The average molecular weight is 353 g/mol. The smallest absolute Gasteiger partial charge is 0.234 e. The number of aromatic nitrogens is 2. The summed E-state index contributed by atoms with van der Waals surface area (Å²) < 4.78 is 22.8. The molecule has 0 saturated carbocycles. The molecule has 0 bridgehead atoms. The molecule has 0 aromatic carbocycles. The highest BCUT2D eigenvalue weighted by atomic mass is 32.2. The molecule has 3 rings (SSSR count). The van der Waals surface area contributed by atoms with Crippen LogP contribution in [0, 0.1) is 5.92 Å². The molecule has 0 radical (unpaired) electrons. The lowest BCUT2D eigenvalue weighted by Gasteiger charge is -2.34. The first-order valence-electron chi connectivity index (χ1n) is 8.23. The molecule has 0 aliphatic carbocycles. The Labute approximate surface area is 142 Å². The fourth-order valence-electron chi connectivity index (χ4n) is 3.11. The minimum atomic E-state index is -2.88. The van der Waals surface area contributed by atoms with Gasteiger partial charge in [0, 0.05) is 45.1 Å². The van der Waals surface area contributed by atoms with Gasteiger partial charge in [0.2, 0.25) is 11.9 Å². The summed E-state index contributed by atoms with van der Waals surface area (Å²) in [5.74, 6) is 1.19. The van der Waals surface area contributed by atoms with Crippen LogP contribution in [0.15, 0.2) is 18.5 Å². The normalized spacial score (nSPS) is 24.0. The van der Waals surface area contributed by atoms with Gasteiger partial charge in [-0.3, -0.25) is 9.69 Å². The first kappa shape index (κ1) is 17.1. The molecule has 2 aliphatic rings. The maximum atomic E-state index is 12.0. The van der Waals surface area contributed by atoms with Crippen molar-refractivity contribution in [2.24, 2.45) is 5.92 Å². The summed E-state index contributed by atoms with van der Waals surface area (Å²) >= 11 is 0. The standard InChI is InChI=1S/C15H23N5O3S/c21-14(18-10-13-2-9-24(22,23)12-13)11-19-5-7-20(8-6-19)15-16-3-1-4-17-15/h1,3-4,13H,2,5-12H2,(H,18,21). The first-order valence-corrected chi connectivity index (χ1v) is 10.1. The van der Waals surface area contributed by atoms with Gasteiger partial charge in [-0.25, -0.2) is 18.4 Å². The van der Waals surface area contributed by atoms with Gasteiger partial charge in [-0.1, -0.05) is 0 Å². The second-order valence-electron chi connectivity index (χ2n) is 6.39. The zero-order valence-electron chi connectivity index (χ0n) is 13.6. The summed E-state index contributed by atoms with van der Waals surface area (Å²) in [5.41, 5.74) is 0. The van der Waals surface area contributed by atoms with Crippen molar-refractivity contribution in [1.29, 1.82) is 0 Å². The third kappa shape index (κ3) is 4.64. The SMILES string of the molecule is O=C(CN1CCN(c2ncccn2)CC1)NCC1CCS(=O)(=O)C1. The topological polar surface area (TPSA) is 95.5 Å². The number of nitrogens with zero attached hydrogens (tertiary/aromatic N) is 4. The summed E-state index contributed by atoms with van der Waals surface area (Å²) in [5, 5.41) is 2.87. The van der Waals surface area contributed by atoms with E-state index in [1.807, 2.05) is 0 Å². The lowest BCUT2D eigenvalue weighted by molar-refractivity contribution is -0.122. The predicted octanol–water partition coefficient (Wildman–Crippen LogP) is -0.850. The Kier molecular flexibility index (Phi) is 5.30. The van der Waals surface area contributed by atoms with E-state index in [9.17, 15) is 13.2 Å². The van der Waals surface area contributed by atoms with E-state index >= 15 is 0 Å². The van der Waals surface area contributed by atoms with Gasteiger partial charge in [0.25, 0.3) is 0 Å². The molecule has 1 atom stereocenters. The zero-order chi connectivity index (χ0) is 17.0. The minimum absolute atomic E-state index is 0.0382. The third-order valence-corrected chi connectivity index (χ3v) is 6.33. The Hall–Kier alpha value is -1.74. The molecule has 9 heteroatoms. The van der Waals surface area contributed by atoms with E-state index in [1.54, 1.807) is 18.5 Å². The van der Waals surface area contributed by atoms with Gasteiger partial charge in [-0.05, 0) is 18.4 Å². The molecule has 3 heterocycles. The number of hydrogen-bond donors (Lipinski definition) is 1. The highest BCUT2D eigenvalue weighted by molar-refractivity contribution is 7.91. The van der Waals surface area contributed by atoms with Crippen LogP contribution in [0.5, 0.6) is 0 Å². The number of sulfone groups is 1. The van der Waals surface area contributed by atoms with Crippen molar-refractivity contribution in [3.05, 3.63) is 18.5 Å². The Balaban J connectivity index is 1.37. The van der Waals surface area contributed by atoms with Gasteiger partial charge >= 0.3 is 0 Å². The van der Waals surface area contributed by atoms with E-state index in [1.165, 1.54) is 0 Å². The largest absolute Gasteiger partial charge is 0.355 e. The minimum Gasteiger partial charge on any atom is -0.355 e. The van der Waals surface area contributed by atoms with Crippen LogP contribution in [-0.2, 0) is 14.6 Å². The van der Waals surface area contributed by atoms with Gasteiger partial charge in [-0.2, -0.15) is 0 Å². The quantitative estimate of drug-likeness (QED) is 0.737. The van der Waals surface area contributed by atoms with Gasteiger partial charge in [0.1, 0.15) is 0 Å². The highest BCUT2D eigenvalue weighted by Crippen LogP contribution is 2.17. The third-order valence-electron chi connectivity index (χ3n) is 4.49. The molecule has 132 valence electrons. The van der Waals surface area contributed by atoms with Crippen LogP contribution in [0.4, 0.5) is 5.95 Å². The van der Waals surface area contributed by atoms with Crippen LogP contribution in [0.25, 0.3) is 0 Å². The highest BCUT2D eigenvalue weighted by Gasteiger charge is 2.28. The van der Waals surface area contributed by atoms with Crippen molar-refractivity contribution in [2.75, 3.05) is 55.7 Å². The molecule has 8 nitrogen and oxygen atoms in total. The molecule has 0 spiro atoms. The molecule has 1 amide bonds. The van der Waals surface area contributed by atoms with Gasteiger partial charge in [-0.15, -0.1) is 0 Å². The van der Waals surface area contributed by atoms with Crippen molar-refractivity contribution in [3.8, 4) is 0 Å². The lowest BCUT2D eigenvalue weighted by Crippen LogP contribution is -2.50. The Bertz CT molecular complexity index is 659. The first-order chi connectivity index (χ1) is 11.5. The Morgan fingerprint density at radius 3 is 2.54 bits per heavy atom. The van der Waals surface area contributed by atoms with Gasteiger partial charge in [0.05, 0.1) is 18.1 Å². The van der Waals surface area contributed by atoms with Crippen LogP contribution in [-0.4, -0.2) is 80.0 Å². The fraction of sp³-hybridized carbons (Fsp3) is 0.667. The molecule has 24 heavy (non-hydrogen) atoms. The van der Waals surface area contributed by atoms with Crippen LogP contribution in [0.2, 0.25) is 0 Å². The lowest BCUT2D eigenvalue weighted by atomic mass is 10.1. The Morgan fingerprint density at radius 1 is 1.21 bits per heavy atom. The van der Waals surface area contributed by atoms with Crippen molar-refractivity contribution in [2.45, 2.75) is 6.42 Å². The molecular weight excluding hydrogens is 330 g/mol. The second kappa shape index (κ2) is 7.43. The fourth-order valence-corrected chi connectivity index (χ4v) is 4.97. The molecule has 1 unspecified atom stereocenters. The summed E-state index contributed by atoms with van der Waals surface area (Å²) in [6, 6.07) is 1.79. The zero-order valence-corrected chi connectivity index (χ0v) is 14.4. The molecule has 2 saturated heterocycles. The molecular formula is C15H23N5O3S. The number of amides is 1. The number of hydrogen-bond acceptors (Lipinski definition) is 7. The van der Waals surface area contributed by atoms with Gasteiger partial charge in [0.15, 0.2) is 9.84 Å². The van der Waals surface area contributed by atoms with E-state index in [0.29, 0.717) is 19.5 Å². The van der Waals surface area contributed by atoms with Crippen LogP contribution in [0.3, 0.4) is 0 Å². The van der Waals surface area contributed by atoms with Crippen molar-refractivity contribution < 1.29 is 13.2 Å². The molecule has 1 aromatic heterocycles. The predicted molar refractivity (Wildman–Crippen MR) is 90.5 cm³/mol. The van der Waals surface area contributed by atoms with Crippen LogP contribution in [0.1, 0.15) is 6.42 Å². The van der Waals surface area contributed by atoms with Crippen LogP contribution >= 0.6 is 0 Å². The Morgan fingerprint density at radius 2 is 1.92 bits per heavy atom. The van der Waals surface area contributed by atoms with E-state index in [-0.39, 0.29) is 23.3 Å². The number of rotatable bonds is 5. The number of piperazine rings is 1. The number of carbonyl (C=O) groups is 1. The van der Waals surface area contributed by atoms with E-state index in [4.69, 9.17) is 0 Å². The summed E-state index contributed by atoms with van der Waals surface area (Å²) in [4.78, 5) is 24.7. The average Bonchev–Trinajstić information content (AvgIpc) is 2.94. The van der Waals surface area contributed by atoms with E-state index in [2.05, 4.69) is 25.1 Å². The van der Waals surface area contributed by atoms with E-state index < -0.39 is 9.84 Å². The second-order valence-corrected chi connectivity index (χ2v) is 8.61. The monoisotopic (exact) mass is 353 g/mol. The maximum absolute atomic E-state index is 12.0. The molecule has 2 aliphatic heterocycles. The van der Waals surface area contributed by atoms with Crippen molar-refractivity contribution >= 4 is 21.7 Å². The summed E-state index contributed by atoms with van der Waals surface area (Å²) in [7, 11) is -2.88. The summed E-state index contributed by atoms with van der Waals surface area (Å²) in [6.45, 7) is 3.95.